The first-order valence-corrected chi connectivity index (χ1v) is 11.9. The second-order valence-corrected chi connectivity index (χ2v) is 9.33. The number of carbonyl (C=O) groups excluding carboxylic acids is 1. The molecule has 1 N–H and O–H groups in total. The van der Waals surface area contributed by atoms with Gasteiger partial charge in [-0.1, -0.05) is 36.4 Å². The molecule has 34 heavy (non-hydrogen) atoms. The monoisotopic (exact) mass is 451 g/mol. The molecule has 1 unspecified atom stereocenters. The third-order valence-corrected chi connectivity index (χ3v) is 6.96. The minimum atomic E-state index is -0.0893. The summed E-state index contributed by atoms with van der Waals surface area (Å²) in [6, 6.07) is 20.0. The smallest absolute Gasteiger partial charge is 0.272 e. The molecule has 0 saturated carbocycles. The fourth-order valence-corrected chi connectivity index (χ4v) is 4.87. The van der Waals surface area contributed by atoms with Gasteiger partial charge in [-0.05, 0) is 92.1 Å². The molecule has 0 saturated heterocycles. The maximum absolute atomic E-state index is 13.0. The van der Waals surface area contributed by atoms with Gasteiger partial charge in [-0.15, -0.1) is 0 Å². The number of amides is 1. The molecular weight excluding hydrogens is 422 g/mol. The highest BCUT2D eigenvalue weighted by molar-refractivity contribution is 5.94. The zero-order chi connectivity index (χ0) is 23.8. The molecule has 1 heterocycles. The number of fused-ring (bicyclic) bond motifs is 2. The number of benzene rings is 3. The van der Waals surface area contributed by atoms with Crippen molar-refractivity contribution in [3.8, 4) is 0 Å². The summed E-state index contributed by atoms with van der Waals surface area (Å²) >= 11 is 0. The number of carbonyl (C=O) groups is 1. The van der Waals surface area contributed by atoms with Crippen molar-refractivity contribution in [2.24, 2.45) is 0 Å². The number of rotatable bonds is 4. The zero-order valence-electron chi connectivity index (χ0n) is 19.9. The van der Waals surface area contributed by atoms with Crippen molar-refractivity contribution >= 4 is 16.9 Å². The Labute approximate surface area is 199 Å². The maximum atomic E-state index is 13.0. The quantitative estimate of drug-likeness (QED) is 0.465. The van der Waals surface area contributed by atoms with Gasteiger partial charge < -0.3 is 9.88 Å². The fourth-order valence-electron chi connectivity index (χ4n) is 4.87. The van der Waals surface area contributed by atoms with Crippen molar-refractivity contribution in [3.63, 3.8) is 0 Å². The van der Waals surface area contributed by atoms with E-state index in [1.807, 2.05) is 49.4 Å². The maximum Gasteiger partial charge on any atom is 0.272 e. The van der Waals surface area contributed by atoms with Gasteiger partial charge >= 0.3 is 0 Å². The van der Waals surface area contributed by atoms with Crippen molar-refractivity contribution < 1.29 is 4.79 Å². The van der Waals surface area contributed by atoms with Crippen molar-refractivity contribution in [3.05, 3.63) is 110 Å². The third kappa shape index (κ3) is 4.14. The Morgan fingerprint density at radius 3 is 2.56 bits per heavy atom. The second-order valence-electron chi connectivity index (χ2n) is 9.33. The van der Waals surface area contributed by atoms with Gasteiger partial charge in [0.15, 0.2) is 0 Å². The molecule has 5 nitrogen and oxygen atoms in total. The van der Waals surface area contributed by atoms with E-state index in [4.69, 9.17) is 0 Å². The zero-order valence-corrected chi connectivity index (χ0v) is 19.9. The van der Waals surface area contributed by atoms with Crippen LogP contribution in [0.2, 0.25) is 0 Å². The summed E-state index contributed by atoms with van der Waals surface area (Å²) in [6.45, 7) is 6.28. The van der Waals surface area contributed by atoms with Crippen LogP contribution in [0.25, 0.3) is 11.0 Å². The average molecular weight is 452 g/mol. The predicted molar refractivity (Wildman–Crippen MR) is 135 cm³/mol. The normalized spacial score (nSPS) is 15.2. The van der Waals surface area contributed by atoms with Crippen LogP contribution in [0, 0.1) is 20.8 Å². The molecule has 1 aliphatic carbocycles. The van der Waals surface area contributed by atoms with Crippen LogP contribution in [-0.2, 0) is 13.0 Å². The lowest BCUT2D eigenvalue weighted by Crippen LogP contribution is -2.31. The van der Waals surface area contributed by atoms with Crippen LogP contribution >= 0.6 is 0 Å². The van der Waals surface area contributed by atoms with Crippen molar-refractivity contribution in [2.75, 3.05) is 0 Å². The van der Waals surface area contributed by atoms with Crippen LogP contribution < -0.4 is 10.9 Å². The van der Waals surface area contributed by atoms with E-state index in [1.54, 1.807) is 11.5 Å². The van der Waals surface area contributed by atoms with Gasteiger partial charge in [0.1, 0.15) is 5.69 Å². The standard InChI is InChI=1S/C29H29N3O2/c1-18-15-26-27(16-19(18)2)32(29(34)20(3)30-26)17-21-11-13-23(14-12-21)28(33)31-25-10-6-8-22-7-4-5-9-24(22)25/h4-5,7,9,11-16,25H,6,8,10,17H2,1-3H3,(H,31,33). The largest absolute Gasteiger partial charge is 0.345 e. The Morgan fingerprint density at radius 1 is 1.03 bits per heavy atom. The van der Waals surface area contributed by atoms with Crippen LogP contribution in [0.15, 0.2) is 65.5 Å². The lowest BCUT2D eigenvalue weighted by molar-refractivity contribution is 0.0932. The van der Waals surface area contributed by atoms with E-state index in [2.05, 4.69) is 35.4 Å². The van der Waals surface area contributed by atoms with E-state index < -0.39 is 0 Å². The number of aryl methyl sites for hydroxylation is 4. The van der Waals surface area contributed by atoms with Gasteiger partial charge in [0.2, 0.25) is 0 Å². The fraction of sp³-hybridized carbons (Fsp3) is 0.276. The summed E-state index contributed by atoms with van der Waals surface area (Å²) in [5, 5.41) is 3.21. The van der Waals surface area contributed by atoms with Gasteiger partial charge in [0, 0.05) is 5.56 Å². The molecule has 5 heteroatoms. The molecule has 1 aliphatic rings. The van der Waals surface area contributed by atoms with E-state index >= 15 is 0 Å². The van der Waals surface area contributed by atoms with Crippen LogP contribution in [0.4, 0.5) is 0 Å². The molecule has 1 aromatic heterocycles. The van der Waals surface area contributed by atoms with Crippen molar-refractivity contribution in [1.29, 1.82) is 0 Å². The first-order valence-electron chi connectivity index (χ1n) is 11.9. The lowest BCUT2D eigenvalue weighted by Gasteiger charge is -2.26. The minimum Gasteiger partial charge on any atom is -0.345 e. The summed E-state index contributed by atoms with van der Waals surface area (Å²) in [5.41, 5.74) is 8.47. The van der Waals surface area contributed by atoms with E-state index in [0.717, 1.165) is 47.0 Å². The molecule has 4 aromatic rings. The summed E-state index contributed by atoms with van der Waals surface area (Å²) in [5.74, 6) is -0.0678. The minimum absolute atomic E-state index is 0.0496. The number of hydrogen-bond donors (Lipinski definition) is 1. The van der Waals surface area contributed by atoms with Crippen LogP contribution in [0.5, 0.6) is 0 Å². The Morgan fingerprint density at radius 2 is 1.76 bits per heavy atom. The summed E-state index contributed by atoms with van der Waals surface area (Å²) in [4.78, 5) is 30.4. The highest BCUT2D eigenvalue weighted by atomic mass is 16.1. The molecule has 0 bridgehead atoms. The molecule has 3 aromatic carbocycles. The van der Waals surface area contributed by atoms with Crippen LogP contribution in [0.1, 0.15) is 62.8 Å². The molecule has 5 rings (SSSR count). The van der Waals surface area contributed by atoms with Crippen molar-refractivity contribution in [1.82, 2.24) is 14.9 Å². The van der Waals surface area contributed by atoms with E-state index in [1.165, 1.54) is 11.1 Å². The third-order valence-electron chi connectivity index (χ3n) is 6.96. The first-order chi connectivity index (χ1) is 16.4. The Hall–Kier alpha value is -3.73. The number of nitrogens with zero attached hydrogens (tertiary/aromatic N) is 2. The molecule has 0 spiro atoms. The lowest BCUT2D eigenvalue weighted by atomic mass is 9.87. The van der Waals surface area contributed by atoms with E-state index in [9.17, 15) is 9.59 Å². The summed E-state index contributed by atoms with van der Waals surface area (Å²) in [7, 11) is 0. The molecule has 0 aliphatic heterocycles. The van der Waals surface area contributed by atoms with Gasteiger partial charge in [-0.3, -0.25) is 9.59 Å². The number of nitrogens with one attached hydrogen (secondary N) is 1. The number of aromatic nitrogens is 2. The highest BCUT2D eigenvalue weighted by Gasteiger charge is 2.22. The van der Waals surface area contributed by atoms with E-state index in [-0.39, 0.29) is 17.5 Å². The highest BCUT2D eigenvalue weighted by Crippen LogP contribution is 2.29. The van der Waals surface area contributed by atoms with Gasteiger partial charge in [-0.2, -0.15) is 0 Å². The Balaban J connectivity index is 1.38. The molecular formula is C29H29N3O2. The molecule has 1 amide bonds. The molecule has 0 radical (unpaired) electrons. The SMILES string of the molecule is Cc1cc2nc(C)c(=O)n(Cc3ccc(C(=O)NC4CCCc5ccccc54)cc3)c2cc1C. The van der Waals surface area contributed by atoms with Crippen LogP contribution in [0.3, 0.4) is 0 Å². The first kappa shape index (κ1) is 22.1. The molecule has 172 valence electrons. The van der Waals surface area contributed by atoms with Crippen LogP contribution in [-0.4, -0.2) is 15.5 Å². The van der Waals surface area contributed by atoms with E-state index in [0.29, 0.717) is 17.8 Å². The number of hydrogen-bond acceptors (Lipinski definition) is 3. The molecule has 0 fully saturated rings. The molecule has 1 atom stereocenters. The van der Waals surface area contributed by atoms with Gasteiger partial charge in [0.05, 0.1) is 23.6 Å². The topological polar surface area (TPSA) is 64.0 Å². The average Bonchev–Trinajstić information content (AvgIpc) is 2.84. The second kappa shape index (κ2) is 8.90. The van der Waals surface area contributed by atoms with Crippen molar-refractivity contribution in [2.45, 2.75) is 52.6 Å². The predicted octanol–water partition coefficient (Wildman–Crippen LogP) is 5.18. The Bertz CT molecular complexity index is 1450. The van der Waals surface area contributed by atoms with Gasteiger partial charge in [0.25, 0.3) is 11.5 Å². The van der Waals surface area contributed by atoms with Gasteiger partial charge in [-0.25, -0.2) is 4.98 Å². The summed E-state index contributed by atoms with van der Waals surface area (Å²) in [6.07, 6.45) is 3.10. The summed E-state index contributed by atoms with van der Waals surface area (Å²) < 4.78 is 1.78. The Kier molecular flexibility index (Phi) is 5.78.